The molecule has 32 heavy (non-hydrogen) atoms. The van der Waals surface area contributed by atoms with Gasteiger partial charge in [-0.1, -0.05) is 31.2 Å². The molecule has 2 heterocycles. The number of amides is 1. The number of rotatable bonds is 6. The summed E-state index contributed by atoms with van der Waals surface area (Å²) in [5, 5.41) is 9.73. The van der Waals surface area contributed by atoms with E-state index in [1.807, 2.05) is 37.3 Å². The van der Waals surface area contributed by atoms with Crippen molar-refractivity contribution >= 4 is 23.4 Å². The average molecular weight is 438 g/mol. The maximum atomic E-state index is 15.0. The maximum Gasteiger partial charge on any atom is 0.258 e. The molecule has 4 rings (SSSR count). The first kappa shape index (κ1) is 22.5. The molecule has 0 spiro atoms. The topological polar surface area (TPSA) is 47.0 Å². The van der Waals surface area contributed by atoms with E-state index in [2.05, 4.69) is 23.9 Å². The van der Waals surface area contributed by atoms with E-state index in [1.54, 1.807) is 17.0 Å². The van der Waals surface area contributed by atoms with Gasteiger partial charge < -0.3 is 19.8 Å². The smallest absolute Gasteiger partial charge is 0.258 e. The van der Waals surface area contributed by atoms with Crippen LogP contribution in [-0.2, 0) is 6.42 Å². The molecule has 5 nitrogen and oxygen atoms in total. The van der Waals surface area contributed by atoms with Crippen molar-refractivity contribution in [3.8, 4) is 0 Å². The predicted molar refractivity (Wildman–Crippen MR) is 128 cm³/mol. The fourth-order valence-corrected chi connectivity index (χ4v) is 4.52. The Morgan fingerprint density at radius 3 is 2.72 bits per heavy atom. The van der Waals surface area contributed by atoms with Gasteiger partial charge in [0.1, 0.15) is 5.82 Å². The Morgan fingerprint density at radius 2 is 2.03 bits per heavy atom. The fourth-order valence-electron chi connectivity index (χ4n) is 4.52. The van der Waals surface area contributed by atoms with Crippen molar-refractivity contribution in [3.05, 3.63) is 65.0 Å². The number of aliphatic hydroxyl groups is 1. The zero-order valence-corrected chi connectivity index (χ0v) is 19.1. The molecule has 0 radical (unpaired) electrons. The monoisotopic (exact) mass is 437 g/mol. The number of anilines is 2. The van der Waals surface area contributed by atoms with E-state index in [9.17, 15) is 9.90 Å². The van der Waals surface area contributed by atoms with E-state index in [4.69, 9.17) is 0 Å². The average Bonchev–Trinajstić information content (AvgIpc) is 3.28. The van der Waals surface area contributed by atoms with Crippen molar-refractivity contribution in [2.75, 3.05) is 43.5 Å². The van der Waals surface area contributed by atoms with Gasteiger partial charge in [-0.25, -0.2) is 4.39 Å². The van der Waals surface area contributed by atoms with E-state index in [-0.39, 0.29) is 11.7 Å². The SMILES string of the molecule is CCC(O)C=Cc1ccc2c(c1)CCN(c1ccc(N3CC[C@@H](N(C)C)C3)c(F)c1)C2=O. The summed E-state index contributed by atoms with van der Waals surface area (Å²) >= 11 is 0. The third kappa shape index (κ3) is 4.57. The van der Waals surface area contributed by atoms with Crippen LogP contribution in [0.3, 0.4) is 0 Å². The van der Waals surface area contributed by atoms with Gasteiger partial charge in [-0.2, -0.15) is 0 Å². The first-order chi connectivity index (χ1) is 15.4. The second-order valence-electron chi connectivity index (χ2n) is 8.95. The Balaban J connectivity index is 1.51. The van der Waals surface area contributed by atoms with Crippen LogP contribution in [0, 0.1) is 5.82 Å². The Hall–Kier alpha value is -2.70. The number of carbonyl (C=O) groups excluding carboxylic acids is 1. The summed E-state index contributed by atoms with van der Waals surface area (Å²) in [5.41, 5.74) is 3.81. The zero-order valence-electron chi connectivity index (χ0n) is 19.1. The molecule has 2 aromatic carbocycles. The summed E-state index contributed by atoms with van der Waals surface area (Å²) in [4.78, 5) is 19.1. The van der Waals surface area contributed by atoms with E-state index < -0.39 is 6.10 Å². The molecule has 6 heteroatoms. The molecule has 1 unspecified atom stereocenters. The second-order valence-corrected chi connectivity index (χ2v) is 8.95. The number of likely N-dealkylation sites (N-methyl/N-ethyl adjacent to an activating group) is 1. The van der Waals surface area contributed by atoms with Gasteiger partial charge in [0, 0.05) is 36.9 Å². The summed E-state index contributed by atoms with van der Waals surface area (Å²) < 4.78 is 15.0. The highest BCUT2D eigenvalue weighted by Crippen LogP contribution is 2.31. The minimum absolute atomic E-state index is 0.101. The second kappa shape index (κ2) is 9.43. The predicted octanol–water partition coefficient (Wildman–Crippen LogP) is 3.95. The lowest BCUT2D eigenvalue weighted by atomic mass is 9.96. The molecule has 2 atom stereocenters. The minimum Gasteiger partial charge on any atom is -0.389 e. The Labute approximate surface area is 189 Å². The molecular weight excluding hydrogens is 405 g/mol. The van der Waals surface area contributed by atoms with Crippen molar-refractivity contribution in [3.63, 3.8) is 0 Å². The summed E-state index contributed by atoms with van der Waals surface area (Å²) in [6.07, 6.45) is 5.58. The molecule has 1 fully saturated rings. The van der Waals surface area contributed by atoms with Crippen LogP contribution >= 0.6 is 0 Å². The van der Waals surface area contributed by atoms with E-state index in [0.717, 1.165) is 30.6 Å². The highest BCUT2D eigenvalue weighted by Gasteiger charge is 2.28. The van der Waals surface area contributed by atoms with E-state index in [1.165, 1.54) is 6.07 Å². The zero-order chi connectivity index (χ0) is 22.8. The summed E-state index contributed by atoms with van der Waals surface area (Å²) in [6.45, 7) is 4.09. The lowest BCUT2D eigenvalue weighted by Gasteiger charge is -2.30. The highest BCUT2D eigenvalue weighted by molar-refractivity contribution is 6.08. The van der Waals surface area contributed by atoms with Crippen LogP contribution in [-0.4, -0.2) is 61.8 Å². The van der Waals surface area contributed by atoms with Gasteiger partial charge in [0.2, 0.25) is 0 Å². The van der Waals surface area contributed by atoms with Crippen molar-refractivity contribution in [1.29, 1.82) is 0 Å². The molecule has 0 bridgehead atoms. The Bertz CT molecular complexity index is 1020. The molecule has 1 N–H and O–H groups in total. The van der Waals surface area contributed by atoms with Crippen LogP contribution in [0.4, 0.5) is 15.8 Å². The lowest BCUT2D eigenvalue weighted by Crippen LogP contribution is -2.37. The molecule has 0 aromatic heterocycles. The maximum absolute atomic E-state index is 15.0. The Morgan fingerprint density at radius 1 is 1.22 bits per heavy atom. The number of aliphatic hydroxyl groups excluding tert-OH is 1. The van der Waals surface area contributed by atoms with Crippen LogP contribution in [0.1, 0.15) is 41.3 Å². The molecule has 0 aliphatic carbocycles. The Kier molecular flexibility index (Phi) is 6.63. The molecule has 2 aliphatic heterocycles. The van der Waals surface area contributed by atoms with Crippen molar-refractivity contribution in [2.24, 2.45) is 0 Å². The number of fused-ring (bicyclic) bond motifs is 1. The highest BCUT2D eigenvalue weighted by atomic mass is 19.1. The van der Waals surface area contributed by atoms with Crippen LogP contribution in [0.15, 0.2) is 42.5 Å². The lowest BCUT2D eigenvalue weighted by molar-refractivity contribution is 0.0980. The molecular formula is C26H32FN3O2. The fraction of sp³-hybridized carbons (Fsp3) is 0.423. The number of nitrogens with zero attached hydrogens (tertiary/aromatic N) is 3. The van der Waals surface area contributed by atoms with Gasteiger partial charge >= 0.3 is 0 Å². The largest absolute Gasteiger partial charge is 0.389 e. The molecule has 2 aliphatic rings. The van der Waals surface area contributed by atoms with Crippen LogP contribution in [0.2, 0.25) is 0 Å². The summed E-state index contributed by atoms with van der Waals surface area (Å²) in [7, 11) is 4.11. The van der Waals surface area contributed by atoms with Crippen LogP contribution in [0.5, 0.6) is 0 Å². The van der Waals surface area contributed by atoms with Gasteiger partial charge in [-0.15, -0.1) is 0 Å². The molecule has 1 saturated heterocycles. The van der Waals surface area contributed by atoms with Gasteiger partial charge in [0.25, 0.3) is 5.91 Å². The van der Waals surface area contributed by atoms with Crippen molar-refractivity contribution < 1.29 is 14.3 Å². The van der Waals surface area contributed by atoms with Crippen LogP contribution in [0.25, 0.3) is 6.08 Å². The van der Waals surface area contributed by atoms with Crippen molar-refractivity contribution in [1.82, 2.24) is 4.90 Å². The number of halogens is 1. The standard InChI is InChI=1S/C26H32FN3O2/c1-4-22(31)8-5-18-6-9-23-19(15-18)11-14-30(26(23)32)20-7-10-25(24(27)16-20)29-13-12-21(17-29)28(2)3/h5-10,15-16,21-22,31H,4,11-14,17H2,1-3H3/t21-,22?/m1/s1. The van der Waals surface area contributed by atoms with Crippen molar-refractivity contribution in [2.45, 2.75) is 38.3 Å². The van der Waals surface area contributed by atoms with E-state index in [0.29, 0.717) is 42.4 Å². The van der Waals surface area contributed by atoms with Gasteiger partial charge in [-0.3, -0.25) is 4.79 Å². The first-order valence-electron chi connectivity index (χ1n) is 11.4. The number of hydrogen-bond acceptors (Lipinski definition) is 4. The first-order valence-corrected chi connectivity index (χ1v) is 11.4. The van der Waals surface area contributed by atoms with E-state index >= 15 is 4.39 Å². The van der Waals surface area contributed by atoms with Gasteiger partial charge in [-0.05, 0) is 68.8 Å². The molecule has 2 aromatic rings. The third-order valence-electron chi connectivity index (χ3n) is 6.62. The molecule has 1 amide bonds. The van der Waals surface area contributed by atoms with Gasteiger partial charge in [0.15, 0.2) is 0 Å². The summed E-state index contributed by atoms with van der Waals surface area (Å²) in [6, 6.07) is 11.3. The summed E-state index contributed by atoms with van der Waals surface area (Å²) in [5.74, 6) is -0.383. The number of hydrogen-bond donors (Lipinski definition) is 1. The molecule has 170 valence electrons. The third-order valence-corrected chi connectivity index (χ3v) is 6.62. The van der Waals surface area contributed by atoms with Crippen LogP contribution < -0.4 is 9.80 Å². The van der Waals surface area contributed by atoms with Gasteiger partial charge in [0.05, 0.1) is 11.8 Å². The number of benzene rings is 2. The minimum atomic E-state index is -0.463. The number of carbonyl (C=O) groups is 1. The normalized spacial score (nSPS) is 19.8. The quantitative estimate of drug-likeness (QED) is 0.743. The molecule has 0 saturated carbocycles.